The number of nitrogens with zero attached hydrogens (tertiary/aromatic N) is 3. The molecule has 0 aliphatic heterocycles. The summed E-state index contributed by atoms with van der Waals surface area (Å²) in [5, 5.41) is 15.9. The lowest BCUT2D eigenvalue weighted by Crippen LogP contribution is -2.02. The fourth-order valence-electron chi connectivity index (χ4n) is 10.2. The number of furan rings is 1. The summed E-state index contributed by atoms with van der Waals surface area (Å²) in [5.74, 6) is 1.81. The Bertz CT molecular complexity index is 4140. The van der Waals surface area contributed by atoms with Gasteiger partial charge < -0.3 is 4.42 Å². The van der Waals surface area contributed by atoms with Crippen LogP contribution < -0.4 is 0 Å². The van der Waals surface area contributed by atoms with Crippen molar-refractivity contribution in [2.75, 3.05) is 0 Å². The first-order chi connectivity index (χ1) is 31.7. The van der Waals surface area contributed by atoms with Crippen LogP contribution in [0.5, 0.6) is 0 Å². The van der Waals surface area contributed by atoms with Gasteiger partial charge >= 0.3 is 0 Å². The lowest BCUT2D eigenvalue weighted by atomic mass is 9.92. The van der Waals surface area contributed by atoms with E-state index in [1.165, 1.54) is 30.9 Å². The molecule has 0 N–H and O–H groups in total. The highest BCUT2D eigenvalue weighted by atomic mass is 32.1. The second-order valence-electron chi connectivity index (χ2n) is 16.6. The number of thiophene rings is 1. The first-order valence-corrected chi connectivity index (χ1v) is 22.4. The van der Waals surface area contributed by atoms with E-state index < -0.39 is 0 Å². The Kier molecular flexibility index (Phi) is 7.53. The molecular weight excluding hydrogens is 799 g/mol. The van der Waals surface area contributed by atoms with Crippen molar-refractivity contribution in [2.45, 2.75) is 0 Å². The van der Waals surface area contributed by atoms with E-state index >= 15 is 0 Å². The van der Waals surface area contributed by atoms with Gasteiger partial charge in [0.05, 0.1) is 0 Å². The number of aromatic nitrogens is 3. The molecule has 11 aromatic carbocycles. The summed E-state index contributed by atoms with van der Waals surface area (Å²) in [6.07, 6.45) is 0. The average Bonchev–Trinajstić information content (AvgIpc) is 3.93. The van der Waals surface area contributed by atoms with Gasteiger partial charge in [0, 0.05) is 53.2 Å². The van der Waals surface area contributed by atoms with Crippen LogP contribution in [-0.2, 0) is 0 Å². The second-order valence-corrected chi connectivity index (χ2v) is 17.7. The van der Waals surface area contributed by atoms with Crippen LogP contribution in [0, 0.1) is 0 Å². The van der Waals surface area contributed by atoms with Crippen LogP contribution in [0.3, 0.4) is 0 Å². The van der Waals surface area contributed by atoms with Gasteiger partial charge in [-0.15, -0.1) is 11.3 Å². The third-order valence-corrected chi connectivity index (χ3v) is 14.3. The van der Waals surface area contributed by atoms with Crippen LogP contribution in [0.4, 0.5) is 0 Å². The maximum absolute atomic E-state index is 6.82. The van der Waals surface area contributed by atoms with Gasteiger partial charge in [-0.1, -0.05) is 158 Å². The van der Waals surface area contributed by atoms with E-state index in [0.29, 0.717) is 17.5 Å². The molecule has 64 heavy (non-hydrogen) atoms. The molecule has 0 amide bonds. The van der Waals surface area contributed by atoms with E-state index in [-0.39, 0.29) is 0 Å². The molecule has 0 aliphatic rings. The Labute approximate surface area is 370 Å². The molecule has 3 aromatic heterocycles. The maximum Gasteiger partial charge on any atom is 0.165 e. The van der Waals surface area contributed by atoms with E-state index in [0.717, 1.165) is 92.8 Å². The van der Waals surface area contributed by atoms with E-state index in [9.17, 15) is 0 Å². The average molecular weight is 832 g/mol. The minimum Gasteiger partial charge on any atom is -0.456 e. The third-order valence-electron chi connectivity index (χ3n) is 13.1. The molecule has 0 saturated heterocycles. The van der Waals surface area contributed by atoms with Crippen molar-refractivity contribution in [3.05, 3.63) is 200 Å². The van der Waals surface area contributed by atoms with Crippen molar-refractivity contribution in [1.82, 2.24) is 15.0 Å². The molecule has 0 spiro atoms. The van der Waals surface area contributed by atoms with Crippen LogP contribution in [0.2, 0.25) is 0 Å². The Hall–Kier alpha value is -8.25. The quantitative estimate of drug-likeness (QED) is 0.166. The van der Waals surface area contributed by atoms with Crippen molar-refractivity contribution in [2.24, 2.45) is 0 Å². The van der Waals surface area contributed by atoms with Crippen LogP contribution >= 0.6 is 11.3 Å². The minimum absolute atomic E-state index is 0.587. The molecular formula is C59H33N3OS. The van der Waals surface area contributed by atoms with E-state index in [4.69, 9.17) is 19.4 Å². The zero-order valence-corrected chi connectivity index (χ0v) is 35.0. The van der Waals surface area contributed by atoms with Crippen molar-refractivity contribution in [3.63, 3.8) is 0 Å². The van der Waals surface area contributed by atoms with Gasteiger partial charge in [0.25, 0.3) is 0 Å². The molecule has 0 aliphatic carbocycles. The largest absolute Gasteiger partial charge is 0.456 e. The third kappa shape index (κ3) is 5.25. The fourth-order valence-corrected chi connectivity index (χ4v) is 11.4. The van der Waals surface area contributed by atoms with Crippen LogP contribution in [0.25, 0.3) is 141 Å². The van der Waals surface area contributed by atoms with Gasteiger partial charge in [-0.05, 0) is 102 Å². The van der Waals surface area contributed by atoms with Gasteiger partial charge in [-0.3, -0.25) is 0 Å². The summed E-state index contributed by atoms with van der Waals surface area (Å²) in [7, 11) is 0. The standard InChI is InChI=1S/C59H33N3OS/c1-2-15-35-33-52-50(30-34(35)14-1)54-51(63-52)29-28-45(47-26-13-25-46-44-24-11-12-27-53(44)64-56(46)47)55(54)59-61-57(48-31-36-16-3-5-18-38(36)40-20-7-9-22-42(40)48)60-58(62-59)49-32-37-17-4-6-19-39(37)41-21-8-10-23-43(41)49/h1-33H. The highest BCUT2D eigenvalue weighted by molar-refractivity contribution is 7.26. The molecule has 3 heterocycles. The first-order valence-electron chi connectivity index (χ1n) is 21.6. The minimum atomic E-state index is 0.587. The smallest absolute Gasteiger partial charge is 0.165 e. The number of hydrogen-bond donors (Lipinski definition) is 0. The molecule has 0 fully saturated rings. The summed E-state index contributed by atoms with van der Waals surface area (Å²) in [4.78, 5) is 16.8. The Balaban J connectivity index is 1.16. The summed E-state index contributed by atoms with van der Waals surface area (Å²) in [6, 6.07) is 71.5. The maximum atomic E-state index is 6.82. The first kappa shape index (κ1) is 35.4. The number of rotatable bonds is 4. The van der Waals surface area contributed by atoms with Crippen molar-refractivity contribution < 1.29 is 4.42 Å². The zero-order chi connectivity index (χ0) is 41.9. The number of fused-ring (bicyclic) bond motifs is 13. The van der Waals surface area contributed by atoms with Crippen molar-refractivity contribution >= 4 is 107 Å². The Morgan fingerprint density at radius 2 is 0.828 bits per heavy atom. The topological polar surface area (TPSA) is 51.8 Å². The molecule has 0 saturated carbocycles. The molecule has 14 aromatic rings. The number of hydrogen-bond acceptors (Lipinski definition) is 5. The van der Waals surface area contributed by atoms with Gasteiger partial charge in [0.1, 0.15) is 11.2 Å². The number of benzene rings is 11. The molecule has 0 radical (unpaired) electrons. The predicted octanol–water partition coefficient (Wildman–Crippen LogP) is 16.6. The normalized spacial score (nSPS) is 12.1. The predicted molar refractivity (Wildman–Crippen MR) is 269 cm³/mol. The molecule has 5 heteroatoms. The van der Waals surface area contributed by atoms with E-state index in [2.05, 4.69) is 200 Å². The summed E-state index contributed by atoms with van der Waals surface area (Å²) in [5.41, 5.74) is 6.58. The van der Waals surface area contributed by atoms with Crippen molar-refractivity contribution in [3.8, 4) is 45.3 Å². The van der Waals surface area contributed by atoms with Gasteiger partial charge in [0.15, 0.2) is 17.5 Å². The molecule has 296 valence electrons. The summed E-state index contributed by atoms with van der Waals surface area (Å²) < 4.78 is 9.30. The van der Waals surface area contributed by atoms with E-state index in [1.54, 1.807) is 0 Å². The molecule has 0 bridgehead atoms. The Morgan fingerprint density at radius 1 is 0.312 bits per heavy atom. The van der Waals surface area contributed by atoms with Crippen molar-refractivity contribution in [1.29, 1.82) is 0 Å². The highest BCUT2D eigenvalue weighted by Crippen LogP contribution is 2.48. The monoisotopic (exact) mass is 831 g/mol. The van der Waals surface area contributed by atoms with Gasteiger partial charge in [-0.2, -0.15) is 0 Å². The summed E-state index contributed by atoms with van der Waals surface area (Å²) >= 11 is 1.83. The lowest BCUT2D eigenvalue weighted by molar-refractivity contribution is 0.669. The second kappa shape index (κ2) is 13.6. The van der Waals surface area contributed by atoms with E-state index in [1.807, 2.05) is 11.3 Å². The lowest BCUT2D eigenvalue weighted by Gasteiger charge is -2.16. The fraction of sp³-hybridized carbons (Fsp3) is 0. The molecule has 14 rings (SSSR count). The highest BCUT2D eigenvalue weighted by Gasteiger charge is 2.25. The van der Waals surface area contributed by atoms with Crippen LogP contribution in [0.15, 0.2) is 205 Å². The van der Waals surface area contributed by atoms with Crippen LogP contribution in [-0.4, -0.2) is 15.0 Å². The zero-order valence-electron chi connectivity index (χ0n) is 34.2. The van der Waals surface area contributed by atoms with Crippen LogP contribution in [0.1, 0.15) is 0 Å². The van der Waals surface area contributed by atoms with Gasteiger partial charge in [-0.25, -0.2) is 15.0 Å². The molecule has 0 unspecified atom stereocenters. The van der Waals surface area contributed by atoms with Gasteiger partial charge in [0.2, 0.25) is 0 Å². The molecule has 0 atom stereocenters. The molecule has 4 nitrogen and oxygen atoms in total. The Morgan fingerprint density at radius 3 is 1.48 bits per heavy atom. The SMILES string of the molecule is c1ccc2cc3c(cc2c1)oc1ccc(-c2cccc4c2sc2ccccc24)c(-c2nc(-c4cc5ccccc5c5ccccc45)nc(-c4cc5ccccc5c5ccccc45)n2)c13. The summed E-state index contributed by atoms with van der Waals surface area (Å²) in [6.45, 7) is 0.